The molecule has 34 heavy (non-hydrogen) atoms. The molecular formula is C29H29N3O2. The molecule has 0 radical (unpaired) electrons. The molecule has 1 fully saturated rings. The standard InChI is InChI=1S/C29H29N3O2/c33-29(27-20-31-15-6-5-14-28(31)30-27)32(24-11-3-4-12-24)19-21-8-7-13-25(16-21)34-26-17-22-9-1-2-10-23(22)18-26/h1-2,5-10,13-16,20,24,26H,3-4,11-12,17-19H2. The van der Waals surface area contributed by atoms with Gasteiger partial charge in [0.15, 0.2) is 0 Å². The van der Waals surface area contributed by atoms with E-state index in [0.717, 1.165) is 42.6 Å². The fourth-order valence-electron chi connectivity index (χ4n) is 5.48. The van der Waals surface area contributed by atoms with Crippen LogP contribution in [-0.2, 0) is 19.4 Å². The van der Waals surface area contributed by atoms with Crippen LogP contribution in [0.4, 0.5) is 0 Å². The first-order valence-electron chi connectivity index (χ1n) is 12.3. The van der Waals surface area contributed by atoms with Gasteiger partial charge < -0.3 is 14.0 Å². The molecule has 6 rings (SSSR count). The number of fused-ring (bicyclic) bond motifs is 2. The van der Waals surface area contributed by atoms with Crippen molar-refractivity contribution in [1.82, 2.24) is 14.3 Å². The third-order valence-electron chi connectivity index (χ3n) is 7.18. The minimum atomic E-state index is 0.00756. The summed E-state index contributed by atoms with van der Waals surface area (Å²) in [5.74, 6) is 0.884. The van der Waals surface area contributed by atoms with Gasteiger partial charge in [-0.1, -0.05) is 55.3 Å². The highest BCUT2D eigenvalue weighted by Gasteiger charge is 2.29. The average molecular weight is 452 g/mol. The number of carbonyl (C=O) groups is 1. The zero-order chi connectivity index (χ0) is 22.9. The van der Waals surface area contributed by atoms with Gasteiger partial charge in [0.25, 0.3) is 5.91 Å². The van der Waals surface area contributed by atoms with Gasteiger partial charge in [0.1, 0.15) is 23.2 Å². The van der Waals surface area contributed by atoms with E-state index in [0.29, 0.717) is 12.2 Å². The zero-order valence-corrected chi connectivity index (χ0v) is 19.3. The Hall–Kier alpha value is -3.60. The summed E-state index contributed by atoms with van der Waals surface area (Å²) in [7, 11) is 0. The van der Waals surface area contributed by atoms with Gasteiger partial charge in [-0.15, -0.1) is 0 Å². The largest absolute Gasteiger partial charge is 0.490 e. The van der Waals surface area contributed by atoms with Crippen LogP contribution in [0, 0.1) is 0 Å². The zero-order valence-electron chi connectivity index (χ0n) is 19.3. The molecular weight excluding hydrogens is 422 g/mol. The SMILES string of the molecule is O=C(c1cn2ccccc2n1)N(Cc1cccc(OC2Cc3ccccc3C2)c1)C1CCCC1. The summed E-state index contributed by atoms with van der Waals surface area (Å²) >= 11 is 0. The lowest BCUT2D eigenvalue weighted by Gasteiger charge is -2.28. The van der Waals surface area contributed by atoms with Gasteiger partial charge in [0.05, 0.1) is 0 Å². The van der Waals surface area contributed by atoms with E-state index < -0.39 is 0 Å². The second-order valence-electron chi connectivity index (χ2n) is 9.53. The van der Waals surface area contributed by atoms with Crippen molar-refractivity contribution in [2.75, 3.05) is 0 Å². The summed E-state index contributed by atoms with van der Waals surface area (Å²) in [6.45, 7) is 0.569. The Morgan fingerprint density at radius 3 is 2.50 bits per heavy atom. The van der Waals surface area contributed by atoms with Gasteiger partial charge in [-0.2, -0.15) is 0 Å². The molecule has 2 aliphatic rings. The van der Waals surface area contributed by atoms with Crippen LogP contribution in [0.1, 0.15) is 52.9 Å². The summed E-state index contributed by atoms with van der Waals surface area (Å²) < 4.78 is 8.28. The number of hydrogen-bond donors (Lipinski definition) is 0. The highest BCUT2D eigenvalue weighted by atomic mass is 16.5. The van der Waals surface area contributed by atoms with Gasteiger partial charge in [0, 0.05) is 37.8 Å². The van der Waals surface area contributed by atoms with Crippen molar-refractivity contribution >= 4 is 11.6 Å². The minimum Gasteiger partial charge on any atom is -0.490 e. The van der Waals surface area contributed by atoms with E-state index in [1.807, 2.05) is 52.0 Å². The Morgan fingerprint density at radius 1 is 0.971 bits per heavy atom. The van der Waals surface area contributed by atoms with Crippen LogP contribution in [0.15, 0.2) is 79.1 Å². The Labute approximate surface area is 200 Å². The van der Waals surface area contributed by atoms with Crippen molar-refractivity contribution < 1.29 is 9.53 Å². The number of rotatable bonds is 6. The fraction of sp³-hybridized carbons (Fsp3) is 0.310. The molecule has 5 nitrogen and oxygen atoms in total. The molecule has 1 amide bonds. The van der Waals surface area contributed by atoms with Gasteiger partial charge in [-0.3, -0.25) is 4.79 Å². The molecule has 4 aromatic rings. The maximum Gasteiger partial charge on any atom is 0.274 e. The van der Waals surface area contributed by atoms with Crippen molar-refractivity contribution in [2.45, 2.75) is 57.2 Å². The molecule has 0 saturated heterocycles. The van der Waals surface area contributed by atoms with Crippen LogP contribution in [0.2, 0.25) is 0 Å². The molecule has 0 spiro atoms. The van der Waals surface area contributed by atoms with Crippen LogP contribution >= 0.6 is 0 Å². The molecule has 172 valence electrons. The molecule has 0 N–H and O–H groups in total. The number of aromatic nitrogens is 2. The third kappa shape index (κ3) is 4.18. The summed E-state index contributed by atoms with van der Waals surface area (Å²) in [6.07, 6.45) is 10.3. The van der Waals surface area contributed by atoms with Crippen LogP contribution in [0.5, 0.6) is 5.75 Å². The van der Waals surface area contributed by atoms with Crippen molar-refractivity contribution in [2.24, 2.45) is 0 Å². The van der Waals surface area contributed by atoms with Crippen molar-refractivity contribution in [3.05, 3.63) is 102 Å². The molecule has 2 aliphatic carbocycles. The lowest BCUT2D eigenvalue weighted by molar-refractivity contribution is 0.0658. The quantitative estimate of drug-likeness (QED) is 0.391. The average Bonchev–Trinajstić information content (AvgIpc) is 3.61. The Morgan fingerprint density at radius 2 is 1.74 bits per heavy atom. The number of pyridine rings is 1. The Kier molecular flexibility index (Phi) is 5.54. The lowest BCUT2D eigenvalue weighted by Crippen LogP contribution is -2.38. The van der Waals surface area contributed by atoms with E-state index in [1.54, 1.807) is 0 Å². The predicted octanol–water partition coefficient (Wildman–Crippen LogP) is 5.47. The molecule has 5 heteroatoms. The monoisotopic (exact) mass is 451 g/mol. The summed E-state index contributed by atoms with van der Waals surface area (Å²) in [4.78, 5) is 20.2. The van der Waals surface area contributed by atoms with E-state index >= 15 is 0 Å². The van der Waals surface area contributed by atoms with E-state index in [9.17, 15) is 4.79 Å². The van der Waals surface area contributed by atoms with Crippen LogP contribution in [0.25, 0.3) is 5.65 Å². The molecule has 0 bridgehead atoms. The Balaban J connectivity index is 1.21. The van der Waals surface area contributed by atoms with Crippen LogP contribution in [-0.4, -0.2) is 32.3 Å². The third-order valence-corrected chi connectivity index (χ3v) is 7.18. The van der Waals surface area contributed by atoms with Crippen molar-refractivity contribution in [3.8, 4) is 5.75 Å². The van der Waals surface area contributed by atoms with Gasteiger partial charge in [-0.05, 0) is 53.8 Å². The number of amides is 1. The van der Waals surface area contributed by atoms with Crippen LogP contribution < -0.4 is 4.74 Å². The highest BCUT2D eigenvalue weighted by molar-refractivity contribution is 5.93. The molecule has 0 unspecified atom stereocenters. The summed E-state index contributed by atoms with van der Waals surface area (Å²) in [5.41, 5.74) is 5.17. The van der Waals surface area contributed by atoms with Crippen molar-refractivity contribution in [3.63, 3.8) is 0 Å². The molecule has 2 heterocycles. The number of nitrogens with zero attached hydrogens (tertiary/aromatic N) is 3. The minimum absolute atomic E-state index is 0.00756. The van der Waals surface area contributed by atoms with E-state index in [2.05, 4.69) is 41.4 Å². The summed E-state index contributed by atoms with van der Waals surface area (Å²) in [6, 6.07) is 22.9. The first-order valence-corrected chi connectivity index (χ1v) is 12.3. The van der Waals surface area contributed by atoms with Gasteiger partial charge in [0.2, 0.25) is 0 Å². The van der Waals surface area contributed by atoms with Crippen molar-refractivity contribution in [1.29, 1.82) is 0 Å². The molecule has 2 aromatic carbocycles. The molecule has 0 atom stereocenters. The first-order chi connectivity index (χ1) is 16.7. The second-order valence-corrected chi connectivity index (χ2v) is 9.53. The second kappa shape index (κ2) is 8.98. The Bertz CT molecular complexity index is 1260. The normalized spacial score (nSPS) is 16.1. The topological polar surface area (TPSA) is 46.8 Å². The van der Waals surface area contributed by atoms with E-state index in [4.69, 9.17) is 4.74 Å². The fourth-order valence-corrected chi connectivity index (χ4v) is 5.48. The summed E-state index contributed by atoms with van der Waals surface area (Å²) in [5, 5.41) is 0. The van der Waals surface area contributed by atoms with E-state index in [1.165, 1.54) is 24.0 Å². The maximum atomic E-state index is 13.6. The number of ether oxygens (including phenoxy) is 1. The first kappa shape index (κ1) is 21.0. The van der Waals surface area contributed by atoms with Gasteiger partial charge in [-0.25, -0.2) is 4.98 Å². The smallest absolute Gasteiger partial charge is 0.274 e. The number of benzene rings is 2. The molecule has 2 aromatic heterocycles. The molecule has 0 aliphatic heterocycles. The number of carbonyl (C=O) groups excluding carboxylic acids is 1. The van der Waals surface area contributed by atoms with E-state index in [-0.39, 0.29) is 18.1 Å². The van der Waals surface area contributed by atoms with Gasteiger partial charge >= 0.3 is 0 Å². The van der Waals surface area contributed by atoms with Crippen LogP contribution in [0.3, 0.4) is 0 Å². The maximum absolute atomic E-state index is 13.6. The number of hydrogen-bond acceptors (Lipinski definition) is 3. The number of imidazole rings is 1. The highest BCUT2D eigenvalue weighted by Crippen LogP contribution is 2.29. The molecule has 1 saturated carbocycles. The predicted molar refractivity (Wildman–Crippen MR) is 132 cm³/mol. The lowest BCUT2D eigenvalue weighted by atomic mass is 10.1.